The third-order valence-corrected chi connectivity index (χ3v) is 13.1. The first-order chi connectivity index (χ1) is 14.3. The average Bonchev–Trinajstić information content (AvgIpc) is 2.69. The second kappa shape index (κ2) is 6.50. The molecule has 9 atom stereocenters. The van der Waals surface area contributed by atoms with E-state index in [4.69, 9.17) is 0 Å². The van der Waals surface area contributed by atoms with Gasteiger partial charge in [-0.15, -0.1) is 0 Å². The van der Waals surface area contributed by atoms with Gasteiger partial charge < -0.3 is 0 Å². The smallest absolute Gasteiger partial charge is 0.138 e. The van der Waals surface area contributed by atoms with E-state index in [9.17, 15) is 4.79 Å². The summed E-state index contributed by atoms with van der Waals surface area (Å²) in [4.78, 5) is 12.9. The summed E-state index contributed by atoms with van der Waals surface area (Å²) in [5.74, 6) is 4.24. The van der Waals surface area contributed by atoms with E-state index in [2.05, 4.69) is 61.5 Å². The standard InChI is InChI=1S/C30H48O/c1-19-11-14-27(5)17-18-29(7)21(25(27)20(19)2)9-10-23-28(6)15-13-24(31)26(3,4)22(28)12-16-30(23,29)8/h9,19-20,22-23,25H,10-18H2,1-8H3/t19-,20+,22-,23-,25-,27+,28-,29-,30+/m1/s1. The molecule has 0 amide bonds. The van der Waals surface area contributed by atoms with Crippen molar-refractivity contribution >= 4 is 5.78 Å². The Labute approximate surface area is 192 Å². The Kier molecular flexibility index (Phi) is 4.66. The van der Waals surface area contributed by atoms with E-state index in [1.165, 1.54) is 44.9 Å². The molecule has 0 N–H and O–H groups in total. The lowest BCUT2D eigenvalue weighted by Crippen LogP contribution is -2.64. The van der Waals surface area contributed by atoms with Gasteiger partial charge in [-0.05, 0) is 103 Å². The molecule has 0 bridgehead atoms. The van der Waals surface area contributed by atoms with Crippen molar-refractivity contribution in [3.8, 4) is 0 Å². The molecule has 31 heavy (non-hydrogen) atoms. The summed E-state index contributed by atoms with van der Waals surface area (Å²) in [7, 11) is 0. The first kappa shape index (κ1) is 22.2. The number of hydrogen-bond donors (Lipinski definition) is 0. The molecule has 0 saturated heterocycles. The van der Waals surface area contributed by atoms with Crippen LogP contribution in [0.4, 0.5) is 0 Å². The second-order valence-electron chi connectivity index (χ2n) is 14.4. The zero-order chi connectivity index (χ0) is 22.6. The lowest BCUT2D eigenvalue weighted by Gasteiger charge is -2.71. The maximum atomic E-state index is 12.9. The molecular weight excluding hydrogens is 376 g/mol. The molecule has 0 aromatic heterocycles. The van der Waals surface area contributed by atoms with Gasteiger partial charge in [-0.25, -0.2) is 0 Å². The van der Waals surface area contributed by atoms with Crippen LogP contribution >= 0.6 is 0 Å². The van der Waals surface area contributed by atoms with Gasteiger partial charge in [0.1, 0.15) is 5.78 Å². The predicted octanol–water partition coefficient (Wildman–Crippen LogP) is 8.23. The maximum Gasteiger partial charge on any atom is 0.138 e. The summed E-state index contributed by atoms with van der Waals surface area (Å²) in [5.41, 5.74) is 3.26. The molecule has 0 aliphatic heterocycles. The average molecular weight is 425 g/mol. The van der Waals surface area contributed by atoms with E-state index in [1.807, 2.05) is 5.57 Å². The summed E-state index contributed by atoms with van der Waals surface area (Å²) < 4.78 is 0. The fourth-order valence-electron chi connectivity index (χ4n) is 10.7. The van der Waals surface area contributed by atoms with Crippen molar-refractivity contribution in [3.63, 3.8) is 0 Å². The number of rotatable bonds is 0. The van der Waals surface area contributed by atoms with E-state index in [0.717, 1.165) is 36.5 Å². The maximum absolute atomic E-state index is 12.9. The van der Waals surface area contributed by atoms with Crippen LogP contribution in [0.25, 0.3) is 0 Å². The molecule has 0 radical (unpaired) electrons. The van der Waals surface area contributed by atoms with Crippen molar-refractivity contribution in [2.75, 3.05) is 0 Å². The van der Waals surface area contributed by atoms with Crippen molar-refractivity contribution in [3.05, 3.63) is 11.6 Å². The van der Waals surface area contributed by atoms with E-state index in [1.54, 1.807) is 0 Å². The zero-order valence-electron chi connectivity index (χ0n) is 21.7. The van der Waals surface area contributed by atoms with Crippen molar-refractivity contribution < 1.29 is 4.79 Å². The summed E-state index contributed by atoms with van der Waals surface area (Å²) >= 11 is 0. The van der Waals surface area contributed by atoms with Crippen molar-refractivity contribution in [2.45, 2.75) is 113 Å². The van der Waals surface area contributed by atoms with Gasteiger partial charge in [0.2, 0.25) is 0 Å². The molecule has 0 unspecified atom stereocenters. The highest BCUT2D eigenvalue weighted by Gasteiger charge is 2.68. The van der Waals surface area contributed by atoms with Crippen LogP contribution in [0, 0.1) is 56.7 Å². The number of carbonyl (C=O) groups is 1. The van der Waals surface area contributed by atoms with Crippen LogP contribution < -0.4 is 0 Å². The van der Waals surface area contributed by atoms with Crippen LogP contribution in [0.3, 0.4) is 0 Å². The molecule has 1 heteroatoms. The van der Waals surface area contributed by atoms with Crippen LogP contribution in [-0.4, -0.2) is 5.78 Å². The minimum absolute atomic E-state index is 0.141. The van der Waals surface area contributed by atoms with Crippen molar-refractivity contribution in [1.82, 2.24) is 0 Å². The van der Waals surface area contributed by atoms with E-state index < -0.39 is 0 Å². The third-order valence-electron chi connectivity index (χ3n) is 13.1. The largest absolute Gasteiger partial charge is 0.299 e. The van der Waals surface area contributed by atoms with Gasteiger partial charge in [-0.1, -0.05) is 67.0 Å². The highest BCUT2D eigenvalue weighted by atomic mass is 16.1. The number of ketones is 1. The number of fused-ring (bicyclic) bond motifs is 7. The van der Waals surface area contributed by atoms with Gasteiger partial charge in [-0.2, -0.15) is 0 Å². The summed E-state index contributed by atoms with van der Waals surface area (Å²) in [5, 5.41) is 0. The summed E-state index contributed by atoms with van der Waals surface area (Å²) in [6, 6.07) is 0. The molecule has 5 aliphatic rings. The Balaban J connectivity index is 1.60. The molecule has 5 rings (SSSR count). The van der Waals surface area contributed by atoms with Crippen LogP contribution in [0.5, 0.6) is 0 Å². The van der Waals surface area contributed by atoms with Gasteiger partial charge in [0, 0.05) is 11.8 Å². The topological polar surface area (TPSA) is 17.1 Å². The lowest BCUT2D eigenvalue weighted by molar-refractivity contribution is -0.185. The third kappa shape index (κ3) is 2.59. The Morgan fingerprint density at radius 3 is 2.26 bits per heavy atom. The van der Waals surface area contributed by atoms with Gasteiger partial charge in [0.25, 0.3) is 0 Å². The predicted molar refractivity (Wildman–Crippen MR) is 130 cm³/mol. The molecule has 1 nitrogen and oxygen atoms in total. The number of Topliss-reactive ketones (excluding diaryl/α,β-unsaturated/α-hetero) is 1. The molecule has 5 aliphatic carbocycles. The van der Waals surface area contributed by atoms with Crippen molar-refractivity contribution in [1.29, 1.82) is 0 Å². The van der Waals surface area contributed by atoms with E-state index in [0.29, 0.717) is 33.4 Å². The zero-order valence-corrected chi connectivity index (χ0v) is 21.7. The molecule has 0 spiro atoms. The van der Waals surface area contributed by atoms with Gasteiger partial charge in [0.05, 0.1) is 0 Å². The first-order valence-electron chi connectivity index (χ1n) is 13.6. The Hall–Kier alpha value is -0.590. The fourth-order valence-corrected chi connectivity index (χ4v) is 10.7. The van der Waals surface area contributed by atoms with Gasteiger partial charge >= 0.3 is 0 Å². The minimum Gasteiger partial charge on any atom is -0.299 e. The lowest BCUT2D eigenvalue weighted by atomic mass is 9.33. The Morgan fingerprint density at radius 1 is 0.839 bits per heavy atom. The molecule has 0 heterocycles. The van der Waals surface area contributed by atoms with Crippen LogP contribution in [0.1, 0.15) is 113 Å². The van der Waals surface area contributed by atoms with Crippen LogP contribution in [0.2, 0.25) is 0 Å². The second-order valence-corrected chi connectivity index (χ2v) is 14.4. The molecule has 0 aromatic rings. The first-order valence-corrected chi connectivity index (χ1v) is 13.6. The number of allylic oxidation sites excluding steroid dienone is 2. The SMILES string of the molecule is C[C@H]1[C@H](C)CC[C@@]2(C)CC[C@]3(C)C(=CC[C@@H]4[C@]5(C)CCC(=O)C(C)(C)[C@H]5CC[C@@]43C)[C@@H]12. The van der Waals surface area contributed by atoms with Gasteiger partial charge in [0.15, 0.2) is 0 Å². The fraction of sp³-hybridized carbons (Fsp3) is 0.900. The molecule has 4 fully saturated rings. The highest BCUT2D eigenvalue weighted by molar-refractivity contribution is 5.85. The minimum atomic E-state index is -0.141. The molecule has 0 aromatic carbocycles. The normalized spacial score (nSPS) is 55.9. The van der Waals surface area contributed by atoms with E-state index in [-0.39, 0.29) is 5.41 Å². The van der Waals surface area contributed by atoms with Gasteiger partial charge in [-0.3, -0.25) is 4.79 Å². The highest BCUT2D eigenvalue weighted by Crippen LogP contribution is 2.75. The summed E-state index contributed by atoms with van der Waals surface area (Å²) in [6.45, 7) is 20.2. The molecule has 4 saturated carbocycles. The monoisotopic (exact) mass is 424 g/mol. The molecule has 174 valence electrons. The Morgan fingerprint density at radius 2 is 1.55 bits per heavy atom. The number of hydrogen-bond acceptors (Lipinski definition) is 1. The van der Waals surface area contributed by atoms with Crippen LogP contribution in [0.15, 0.2) is 11.6 Å². The Bertz CT molecular complexity index is 820. The molecular formula is C30H48O. The number of carbonyl (C=O) groups excluding carboxylic acids is 1. The van der Waals surface area contributed by atoms with Crippen molar-refractivity contribution in [2.24, 2.45) is 56.7 Å². The van der Waals surface area contributed by atoms with E-state index >= 15 is 0 Å². The summed E-state index contributed by atoms with van der Waals surface area (Å²) in [6.07, 6.45) is 14.1. The quantitative estimate of drug-likeness (QED) is 0.358. The van der Waals surface area contributed by atoms with Crippen LogP contribution in [-0.2, 0) is 4.79 Å².